The fourth-order valence-electron chi connectivity index (χ4n) is 1.49. The molecule has 0 unspecified atom stereocenters. The molecule has 1 N–H and O–H groups in total. The number of thiazole rings is 1. The first-order chi connectivity index (χ1) is 7.81. The molecule has 0 saturated carbocycles. The van der Waals surface area contributed by atoms with Crippen LogP contribution in [-0.4, -0.2) is 16.3 Å². The number of para-hydroxylation sites is 1. The highest BCUT2D eigenvalue weighted by Crippen LogP contribution is 2.09. The van der Waals surface area contributed by atoms with Gasteiger partial charge in [0.2, 0.25) is 0 Å². The van der Waals surface area contributed by atoms with Crippen molar-refractivity contribution < 1.29 is 5.11 Å². The van der Waals surface area contributed by atoms with Crippen molar-refractivity contribution in [3.05, 3.63) is 46.2 Å². The van der Waals surface area contributed by atoms with Crippen molar-refractivity contribution in [2.75, 3.05) is 6.61 Å². The van der Waals surface area contributed by atoms with Gasteiger partial charge in [-0.2, -0.15) is 0 Å². The van der Waals surface area contributed by atoms with E-state index in [1.54, 1.807) is 11.3 Å². The van der Waals surface area contributed by atoms with E-state index in [-0.39, 0.29) is 23.6 Å². The van der Waals surface area contributed by atoms with Crippen LogP contribution in [-0.2, 0) is 6.54 Å². The van der Waals surface area contributed by atoms with Crippen LogP contribution < -0.4 is 4.80 Å². The maximum atomic E-state index is 9.00. The highest BCUT2D eigenvalue weighted by molar-refractivity contribution is 8.93. The van der Waals surface area contributed by atoms with Gasteiger partial charge in [0.05, 0.1) is 12.3 Å². The van der Waals surface area contributed by atoms with Crippen molar-refractivity contribution in [3.8, 4) is 0 Å². The van der Waals surface area contributed by atoms with Gasteiger partial charge < -0.3 is 9.67 Å². The van der Waals surface area contributed by atoms with Crippen LogP contribution in [0.5, 0.6) is 0 Å². The third-order valence-electron chi connectivity index (χ3n) is 2.30. The van der Waals surface area contributed by atoms with Crippen LogP contribution in [0.3, 0.4) is 0 Å². The number of aromatic nitrogens is 1. The van der Waals surface area contributed by atoms with E-state index in [4.69, 9.17) is 5.11 Å². The first-order valence-electron chi connectivity index (χ1n) is 5.17. The lowest BCUT2D eigenvalue weighted by molar-refractivity contribution is 0.273. The summed E-state index contributed by atoms with van der Waals surface area (Å²) in [5.41, 5.74) is 2.07. The Morgan fingerprint density at radius 2 is 2.00 bits per heavy atom. The van der Waals surface area contributed by atoms with Gasteiger partial charge in [-0.3, -0.25) is 0 Å². The monoisotopic (exact) mass is 314 g/mol. The van der Waals surface area contributed by atoms with Gasteiger partial charge in [-0.05, 0) is 19.1 Å². The Hall–Kier alpha value is -0.910. The molecule has 2 aromatic rings. The van der Waals surface area contributed by atoms with Gasteiger partial charge >= 0.3 is 0 Å². The van der Waals surface area contributed by atoms with Crippen LogP contribution in [0.1, 0.15) is 5.69 Å². The minimum absolute atomic E-state index is 0. The molecule has 0 saturated heterocycles. The van der Waals surface area contributed by atoms with Gasteiger partial charge in [0.1, 0.15) is 0 Å². The zero-order valence-corrected chi connectivity index (χ0v) is 12.1. The standard InChI is InChI=1S/C12H14N2OS.BrH/c1-10-9-16-12(14(10)7-8-15)13-11-5-3-2-4-6-11;/h2-6,9,15H,7-8H2,1H3;1H. The van der Waals surface area contributed by atoms with E-state index in [9.17, 15) is 0 Å². The van der Waals surface area contributed by atoms with Crippen LogP contribution in [0.15, 0.2) is 40.7 Å². The summed E-state index contributed by atoms with van der Waals surface area (Å²) >= 11 is 1.60. The molecule has 0 atom stereocenters. The predicted molar refractivity (Wildman–Crippen MR) is 76.1 cm³/mol. The summed E-state index contributed by atoms with van der Waals surface area (Å²) in [6.07, 6.45) is 0. The molecule has 0 fully saturated rings. The largest absolute Gasteiger partial charge is 0.395 e. The molecule has 2 rings (SSSR count). The van der Waals surface area contributed by atoms with Crippen LogP contribution in [0, 0.1) is 6.92 Å². The Balaban J connectivity index is 0.00000144. The summed E-state index contributed by atoms with van der Waals surface area (Å²) in [6, 6.07) is 9.85. The first kappa shape index (κ1) is 14.2. The number of benzene rings is 1. The fraction of sp³-hybridized carbons (Fsp3) is 0.250. The topological polar surface area (TPSA) is 37.5 Å². The van der Waals surface area contributed by atoms with Crippen LogP contribution >= 0.6 is 28.3 Å². The van der Waals surface area contributed by atoms with Gasteiger partial charge in [0.25, 0.3) is 0 Å². The molecule has 0 spiro atoms. The molecule has 1 aromatic heterocycles. The van der Waals surface area contributed by atoms with E-state index in [0.717, 1.165) is 16.2 Å². The Morgan fingerprint density at radius 3 is 2.65 bits per heavy atom. The summed E-state index contributed by atoms with van der Waals surface area (Å²) in [7, 11) is 0. The first-order valence-corrected chi connectivity index (χ1v) is 6.05. The molecule has 1 aromatic carbocycles. The number of nitrogens with zero attached hydrogens (tertiary/aromatic N) is 2. The number of aliphatic hydroxyl groups is 1. The average Bonchev–Trinajstić information content (AvgIpc) is 2.64. The molecule has 3 nitrogen and oxygen atoms in total. The molecule has 5 heteroatoms. The summed E-state index contributed by atoms with van der Waals surface area (Å²) in [4.78, 5) is 5.48. The number of hydrogen-bond acceptors (Lipinski definition) is 3. The van der Waals surface area contributed by atoms with Crippen LogP contribution in [0.4, 0.5) is 5.69 Å². The van der Waals surface area contributed by atoms with Gasteiger partial charge in [0.15, 0.2) is 4.80 Å². The van der Waals surface area contributed by atoms with Gasteiger partial charge in [-0.1, -0.05) is 18.2 Å². The molecular weight excluding hydrogens is 300 g/mol. The van der Waals surface area contributed by atoms with E-state index in [1.807, 2.05) is 41.8 Å². The normalized spacial score (nSPS) is 11.3. The molecule has 1 heterocycles. The molecule has 0 radical (unpaired) electrons. The molecule has 0 amide bonds. The van der Waals surface area contributed by atoms with Crippen molar-refractivity contribution >= 4 is 34.0 Å². The second-order valence-electron chi connectivity index (χ2n) is 3.48. The quantitative estimate of drug-likeness (QED) is 0.929. The maximum Gasteiger partial charge on any atom is 0.190 e. The van der Waals surface area contributed by atoms with E-state index in [1.165, 1.54) is 0 Å². The lowest BCUT2D eigenvalue weighted by Crippen LogP contribution is -2.17. The molecular formula is C12H15BrN2OS. The smallest absolute Gasteiger partial charge is 0.190 e. The lowest BCUT2D eigenvalue weighted by Gasteiger charge is -2.02. The Bertz CT molecular complexity index is 519. The van der Waals surface area contributed by atoms with E-state index in [2.05, 4.69) is 10.4 Å². The van der Waals surface area contributed by atoms with E-state index in [0.29, 0.717) is 6.54 Å². The minimum atomic E-state index is 0. The zero-order valence-electron chi connectivity index (χ0n) is 9.54. The van der Waals surface area contributed by atoms with Gasteiger partial charge in [0, 0.05) is 17.6 Å². The number of rotatable bonds is 3. The molecule has 0 aliphatic heterocycles. The molecule has 0 aliphatic rings. The lowest BCUT2D eigenvalue weighted by atomic mass is 10.3. The molecule has 0 bridgehead atoms. The van der Waals surface area contributed by atoms with Crippen molar-refractivity contribution in [1.82, 2.24) is 4.57 Å². The Kier molecular flexibility index (Phi) is 5.61. The average molecular weight is 315 g/mol. The van der Waals surface area contributed by atoms with E-state index >= 15 is 0 Å². The Morgan fingerprint density at radius 1 is 1.29 bits per heavy atom. The highest BCUT2D eigenvalue weighted by atomic mass is 79.9. The number of hydrogen-bond donors (Lipinski definition) is 1. The van der Waals surface area contributed by atoms with E-state index < -0.39 is 0 Å². The Labute approximate surface area is 115 Å². The highest BCUT2D eigenvalue weighted by Gasteiger charge is 1.99. The number of aryl methyl sites for hydroxylation is 1. The van der Waals surface area contributed by atoms with Gasteiger partial charge in [-0.15, -0.1) is 28.3 Å². The molecule has 92 valence electrons. The third kappa shape index (κ3) is 3.52. The fourth-order valence-corrected chi connectivity index (χ4v) is 2.41. The minimum Gasteiger partial charge on any atom is -0.395 e. The van der Waals surface area contributed by atoms with Crippen molar-refractivity contribution in [2.45, 2.75) is 13.5 Å². The molecule has 17 heavy (non-hydrogen) atoms. The van der Waals surface area contributed by atoms with Crippen LogP contribution in [0.25, 0.3) is 0 Å². The van der Waals surface area contributed by atoms with Crippen molar-refractivity contribution in [2.24, 2.45) is 4.99 Å². The maximum absolute atomic E-state index is 9.00. The summed E-state index contributed by atoms with van der Waals surface area (Å²) in [5.74, 6) is 0. The third-order valence-corrected chi connectivity index (χ3v) is 3.28. The summed E-state index contributed by atoms with van der Waals surface area (Å²) in [5, 5.41) is 11.0. The summed E-state index contributed by atoms with van der Waals surface area (Å²) < 4.78 is 2.03. The zero-order chi connectivity index (χ0) is 11.4. The van der Waals surface area contributed by atoms with Crippen LogP contribution in [0.2, 0.25) is 0 Å². The number of aliphatic hydroxyl groups excluding tert-OH is 1. The number of halogens is 1. The predicted octanol–water partition coefficient (Wildman–Crippen LogP) is 2.66. The van der Waals surface area contributed by atoms with Gasteiger partial charge in [-0.25, -0.2) is 4.99 Å². The molecule has 0 aliphatic carbocycles. The van der Waals surface area contributed by atoms with Crippen molar-refractivity contribution in [3.63, 3.8) is 0 Å². The second-order valence-corrected chi connectivity index (χ2v) is 4.32. The second kappa shape index (κ2) is 6.74. The summed E-state index contributed by atoms with van der Waals surface area (Å²) in [6.45, 7) is 2.76. The SMILES string of the molecule is Br.Cc1csc(=Nc2ccccc2)n1CCO. The van der Waals surface area contributed by atoms with Crippen molar-refractivity contribution in [1.29, 1.82) is 0 Å².